The second-order valence-corrected chi connectivity index (χ2v) is 11.0. The Hall–Kier alpha value is -3.47. The molecule has 2 atom stereocenters. The largest absolute Gasteiger partial charge is 0.481 e. The van der Waals surface area contributed by atoms with Gasteiger partial charge in [0.2, 0.25) is 0 Å². The highest BCUT2D eigenvalue weighted by molar-refractivity contribution is 5.73. The Kier molecular flexibility index (Phi) is 12.4. The fourth-order valence-corrected chi connectivity index (χ4v) is 3.86. The number of carboxylic acid groups (broad SMARTS) is 1. The topological polar surface area (TPSA) is 59.0 Å². The monoisotopic (exact) mass is 530 g/mol. The molecule has 4 rings (SSSR count). The molecule has 0 aliphatic carbocycles. The lowest BCUT2D eigenvalue weighted by Crippen LogP contribution is -2.31. The second kappa shape index (κ2) is 15.2. The number of para-hydroxylation sites is 2. The molecular weight excluding hydrogens is 482 g/mol. The Morgan fingerprint density at radius 2 is 1.36 bits per heavy atom. The van der Waals surface area contributed by atoms with Gasteiger partial charge in [0.05, 0.1) is 10.6 Å². The third-order valence-corrected chi connectivity index (χ3v) is 7.69. The van der Waals surface area contributed by atoms with E-state index in [1.165, 1.54) is 35.0 Å². The van der Waals surface area contributed by atoms with Crippen molar-refractivity contribution in [3.63, 3.8) is 0 Å². The molecule has 0 radical (unpaired) electrons. The molecule has 1 heterocycles. The molecule has 39 heavy (non-hydrogen) atoms. The van der Waals surface area contributed by atoms with Crippen LogP contribution in [-0.2, 0) is 18.4 Å². The van der Waals surface area contributed by atoms with Crippen molar-refractivity contribution in [1.82, 2.24) is 9.90 Å². The molecule has 2 unspecified atom stereocenters. The van der Waals surface area contributed by atoms with Gasteiger partial charge in [-0.15, -0.1) is 9.36 Å². The molecule has 3 aromatic carbocycles. The Balaban J connectivity index is 0.000000246. The van der Waals surface area contributed by atoms with Crippen LogP contribution in [0.4, 0.5) is 0 Å². The lowest BCUT2D eigenvalue weighted by Gasteiger charge is -2.14. The predicted molar refractivity (Wildman–Crippen MR) is 162 cm³/mol. The van der Waals surface area contributed by atoms with E-state index in [9.17, 15) is 4.79 Å². The van der Waals surface area contributed by atoms with Gasteiger partial charge >= 0.3 is 5.97 Å². The van der Waals surface area contributed by atoms with Crippen molar-refractivity contribution < 1.29 is 14.6 Å². The van der Waals surface area contributed by atoms with Crippen LogP contribution in [0.15, 0.2) is 78.9 Å². The van der Waals surface area contributed by atoms with Crippen LogP contribution in [0.25, 0.3) is 11.0 Å². The molecule has 1 N–H and O–H groups in total. The number of carbonyl (C=O) groups is 1. The van der Waals surface area contributed by atoms with Crippen LogP contribution >= 0.6 is 0 Å². The van der Waals surface area contributed by atoms with Crippen molar-refractivity contribution in [3.05, 3.63) is 95.6 Å². The SMILES string of the molecule is CCC(C)(C)C(=O)O.CCC(C)c1ccc(Cn2n[n+](C)c3ccccc32)cc1.CCC(C)c1ccccc1. The fraction of sp³-hybridized carbons (Fsp3) is 0.441. The third kappa shape index (κ3) is 9.35. The highest BCUT2D eigenvalue weighted by Gasteiger charge is 2.23. The summed E-state index contributed by atoms with van der Waals surface area (Å²) in [6, 6.07) is 27.9. The van der Waals surface area contributed by atoms with Crippen molar-refractivity contribution in [3.8, 4) is 0 Å². The molecule has 210 valence electrons. The average molecular weight is 531 g/mol. The molecule has 4 aromatic rings. The van der Waals surface area contributed by atoms with E-state index in [1.54, 1.807) is 13.8 Å². The van der Waals surface area contributed by atoms with Gasteiger partial charge < -0.3 is 5.11 Å². The van der Waals surface area contributed by atoms with Crippen molar-refractivity contribution in [2.75, 3.05) is 0 Å². The van der Waals surface area contributed by atoms with Gasteiger partial charge in [0.15, 0.2) is 11.0 Å². The number of nitrogens with zero attached hydrogens (tertiary/aromatic N) is 3. The van der Waals surface area contributed by atoms with Gasteiger partial charge in [-0.2, -0.15) is 0 Å². The molecule has 0 aliphatic heterocycles. The molecule has 0 bridgehead atoms. The van der Waals surface area contributed by atoms with Crippen molar-refractivity contribution in [2.45, 2.75) is 86.1 Å². The van der Waals surface area contributed by atoms with E-state index in [0.717, 1.165) is 12.1 Å². The molecule has 0 aliphatic rings. The maximum atomic E-state index is 10.3. The summed E-state index contributed by atoms with van der Waals surface area (Å²) in [4.78, 5) is 10.3. The number of hydrogen-bond donors (Lipinski definition) is 1. The van der Waals surface area contributed by atoms with Gasteiger partial charge in [0, 0.05) is 0 Å². The summed E-state index contributed by atoms with van der Waals surface area (Å²) >= 11 is 0. The summed E-state index contributed by atoms with van der Waals surface area (Å²) in [5.74, 6) is 0.614. The summed E-state index contributed by atoms with van der Waals surface area (Å²) in [5.41, 5.74) is 5.94. The van der Waals surface area contributed by atoms with E-state index >= 15 is 0 Å². The molecular formula is C34H48N3O2+. The average Bonchev–Trinajstić information content (AvgIpc) is 3.28. The molecule has 0 amide bonds. The van der Waals surface area contributed by atoms with Crippen LogP contribution in [-0.4, -0.2) is 21.0 Å². The van der Waals surface area contributed by atoms with Crippen molar-refractivity contribution in [1.29, 1.82) is 0 Å². The van der Waals surface area contributed by atoms with Gasteiger partial charge in [-0.25, -0.2) is 0 Å². The van der Waals surface area contributed by atoms with Crippen LogP contribution in [0, 0.1) is 5.41 Å². The number of aliphatic carboxylic acids is 1. The van der Waals surface area contributed by atoms with Crippen molar-refractivity contribution in [2.24, 2.45) is 12.5 Å². The maximum Gasteiger partial charge on any atom is 0.309 e. The smallest absolute Gasteiger partial charge is 0.309 e. The zero-order valence-electron chi connectivity index (χ0n) is 25.2. The lowest BCUT2D eigenvalue weighted by molar-refractivity contribution is -0.709. The predicted octanol–water partition coefficient (Wildman–Crippen LogP) is 8.13. The van der Waals surface area contributed by atoms with E-state index in [1.807, 2.05) is 18.7 Å². The molecule has 5 heteroatoms. The minimum Gasteiger partial charge on any atom is -0.481 e. The molecule has 0 spiro atoms. The Morgan fingerprint density at radius 3 is 1.85 bits per heavy atom. The number of carboxylic acids is 1. The summed E-state index contributed by atoms with van der Waals surface area (Å²) in [7, 11) is 1.99. The normalized spacial score (nSPS) is 12.5. The summed E-state index contributed by atoms with van der Waals surface area (Å²) < 4.78 is 4.00. The summed E-state index contributed by atoms with van der Waals surface area (Å²) in [6.07, 6.45) is 3.09. The van der Waals surface area contributed by atoms with Crippen LogP contribution in [0.3, 0.4) is 0 Å². The highest BCUT2D eigenvalue weighted by atomic mass is 16.4. The van der Waals surface area contributed by atoms with Gasteiger partial charge in [-0.1, -0.05) is 101 Å². The number of fused-ring (bicyclic) bond motifs is 1. The van der Waals surface area contributed by atoms with E-state index in [2.05, 4.69) is 116 Å². The Morgan fingerprint density at radius 1 is 0.846 bits per heavy atom. The van der Waals surface area contributed by atoms with Crippen LogP contribution in [0.5, 0.6) is 0 Å². The molecule has 1 aromatic heterocycles. The van der Waals surface area contributed by atoms with Gasteiger partial charge in [0.1, 0.15) is 13.6 Å². The number of aryl methyl sites for hydroxylation is 1. The first-order valence-corrected chi connectivity index (χ1v) is 14.2. The zero-order valence-corrected chi connectivity index (χ0v) is 25.2. The van der Waals surface area contributed by atoms with E-state index in [-0.39, 0.29) is 0 Å². The fourth-order valence-electron chi connectivity index (χ4n) is 3.86. The Labute approximate surface area is 235 Å². The molecule has 0 saturated heterocycles. The van der Waals surface area contributed by atoms with E-state index in [0.29, 0.717) is 18.3 Å². The Bertz CT molecular complexity index is 1280. The van der Waals surface area contributed by atoms with Crippen molar-refractivity contribution >= 4 is 17.0 Å². The lowest BCUT2D eigenvalue weighted by atomic mass is 9.91. The van der Waals surface area contributed by atoms with E-state index < -0.39 is 11.4 Å². The standard InChI is InChI=1S/C18H22N3.C10H14.C6H12O2/c1-4-14(2)16-11-9-15(10-12-16)13-21-18-8-6-5-7-17(18)20(3)19-21;1-3-9(2)10-7-5-4-6-8-10;1-4-6(2,3)5(7)8/h5-12,14H,4,13H2,1-3H3;4-9H,3H2,1-2H3;4H2,1-3H3,(H,7,8)/q+1;;. The third-order valence-electron chi connectivity index (χ3n) is 7.69. The first kappa shape index (κ1) is 31.7. The number of aromatic nitrogens is 3. The number of rotatable bonds is 8. The van der Waals surface area contributed by atoms with Gasteiger partial charge in [0.25, 0.3) is 0 Å². The quantitative estimate of drug-likeness (QED) is 0.234. The van der Waals surface area contributed by atoms with Crippen LogP contribution < -0.4 is 4.68 Å². The summed E-state index contributed by atoms with van der Waals surface area (Å²) in [6.45, 7) is 15.1. The first-order chi connectivity index (χ1) is 18.5. The van der Waals surface area contributed by atoms with Crippen LogP contribution in [0.1, 0.15) is 96.3 Å². The number of hydrogen-bond acceptors (Lipinski definition) is 2. The minimum atomic E-state index is -0.722. The first-order valence-electron chi connectivity index (χ1n) is 14.2. The summed E-state index contributed by atoms with van der Waals surface area (Å²) in [5, 5.41) is 13.0. The molecule has 5 nitrogen and oxygen atoms in total. The maximum absolute atomic E-state index is 10.3. The number of benzene rings is 3. The van der Waals surface area contributed by atoms with Gasteiger partial charge in [-0.05, 0) is 73.8 Å². The van der Waals surface area contributed by atoms with E-state index in [4.69, 9.17) is 5.11 Å². The minimum absolute atomic E-state index is 0.542. The van der Waals surface area contributed by atoms with Gasteiger partial charge in [-0.3, -0.25) is 4.79 Å². The second-order valence-electron chi connectivity index (χ2n) is 11.0. The molecule has 0 fully saturated rings. The molecule has 0 saturated carbocycles. The highest BCUT2D eigenvalue weighted by Crippen LogP contribution is 2.20. The zero-order chi connectivity index (χ0) is 29.0. The van der Waals surface area contributed by atoms with Crippen LogP contribution in [0.2, 0.25) is 0 Å².